The van der Waals surface area contributed by atoms with E-state index in [0.717, 1.165) is 29.4 Å². The van der Waals surface area contributed by atoms with Crippen LogP contribution in [0.5, 0.6) is 11.5 Å². The second-order valence-corrected chi connectivity index (χ2v) is 5.95. The predicted octanol–water partition coefficient (Wildman–Crippen LogP) is 5.63. The van der Waals surface area contributed by atoms with Crippen LogP contribution in [0.4, 0.5) is 0 Å². The number of carbonyl (C=O) groups excluding carboxylic acids is 1. The summed E-state index contributed by atoms with van der Waals surface area (Å²) in [5.74, 6) is 0.981. The summed E-state index contributed by atoms with van der Waals surface area (Å²) in [6.07, 6.45) is 3.37. The van der Waals surface area contributed by atoms with Crippen LogP contribution in [0.1, 0.15) is 36.5 Å². The molecule has 0 aromatic heterocycles. The van der Waals surface area contributed by atoms with Gasteiger partial charge in [0.15, 0.2) is 0 Å². The minimum absolute atomic E-state index is 0.367. The van der Waals surface area contributed by atoms with Crippen LogP contribution in [0.25, 0.3) is 10.8 Å². The van der Waals surface area contributed by atoms with Crippen LogP contribution in [0.2, 0.25) is 0 Å². The Labute approximate surface area is 148 Å². The second kappa shape index (κ2) is 8.34. The molecular formula is C22H22O3. The molecule has 3 aromatic rings. The average Bonchev–Trinajstić information content (AvgIpc) is 2.66. The maximum atomic E-state index is 12.4. The van der Waals surface area contributed by atoms with E-state index < -0.39 is 0 Å². The highest BCUT2D eigenvalue weighted by Gasteiger charge is 2.11. The molecule has 0 saturated carbocycles. The summed E-state index contributed by atoms with van der Waals surface area (Å²) in [6.45, 7) is 2.87. The van der Waals surface area contributed by atoms with E-state index in [4.69, 9.17) is 9.47 Å². The lowest BCUT2D eigenvalue weighted by atomic mass is 10.1. The van der Waals surface area contributed by atoms with Crippen LogP contribution in [-0.2, 0) is 0 Å². The molecule has 0 heterocycles. The first kappa shape index (κ1) is 17.0. The molecule has 0 saturated heterocycles. The zero-order chi connectivity index (χ0) is 17.5. The van der Waals surface area contributed by atoms with Gasteiger partial charge in [-0.3, -0.25) is 0 Å². The van der Waals surface area contributed by atoms with Crippen LogP contribution in [0.3, 0.4) is 0 Å². The minimum atomic E-state index is -0.367. The highest BCUT2D eigenvalue weighted by atomic mass is 16.5. The summed E-state index contributed by atoms with van der Waals surface area (Å²) >= 11 is 0. The lowest BCUT2D eigenvalue weighted by Gasteiger charge is -2.09. The van der Waals surface area contributed by atoms with Crippen molar-refractivity contribution in [3.63, 3.8) is 0 Å². The van der Waals surface area contributed by atoms with Crippen LogP contribution < -0.4 is 9.47 Å². The lowest BCUT2D eigenvalue weighted by Crippen LogP contribution is -2.08. The van der Waals surface area contributed by atoms with Gasteiger partial charge in [0.2, 0.25) is 0 Å². The zero-order valence-electron chi connectivity index (χ0n) is 14.4. The van der Waals surface area contributed by atoms with Gasteiger partial charge in [0, 0.05) is 5.39 Å². The molecule has 25 heavy (non-hydrogen) atoms. The Morgan fingerprint density at radius 2 is 1.64 bits per heavy atom. The summed E-state index contributed by atoms with van der Waals surface area (Å²) in [6, 6.07) is 20.6. The van der Waals surface area contributed by atoms with E-state index in [1.165, 1.54) is 6.42 Å². The van der Waals surface area contributed by atoms with E-state index in [2.05, 4.69) is 6.92 Å². The normalized spacial score (nSPS) is 10.6. The van der Waals surface area contributed by atoms with Crippen molar-refractivity contribution < 1.29 is 14.3 Å². The van der Waals surface area contributed by atoms with Gasteiger partial charge in [0.1, 0.15) is 11.5 Å². The van der Waals surface area contributed by atoms with Gasteiger partial charge in [-0.15, -0.1) is 0 Å². The number of hydrogen-bond acceptors (Lipinski definition) is 3. The molecule has 0 fully saturated rings. The zero-order valence-corrected chi connectivity index (χ0v) is 14.4. The molecule has 0 amide bonds. The number of esters is 1. The maximum absolute atomic E-state index is 12.4. The third-order valence-corrected chi connectivity index (χ3v) is 4.06. The molecule has 3 heteroatoms. The van der Waals surface area contributed by atoms with Crippen molar-refractivity contribution in [2.75, 3.05) is 6.61 Å². The Balaban J connectivity index is 1.66. The van der Waals surface area contributed by atoms with Crippen LogP contribution in [-0.4, -0.2) is 12.6 Å². The largest absolute Gasteiger partial charge is 0.494 e. The van der Waals surface area contributed by atoms with Gasteiger partial charge in [-0.1, -0.05) is 56.2 Å². The topological polar surface area (TPSA) is 35.5 Å². The van der Waals surface area contributed by atoms with Gasteiger partial charge in [-0.25, -0.2) is 4.79 Å². The van der Waals surface area contributed by atoms with Crippen LogP contribution >= 0.6 is 0 Å². The molecule has 3 aromatic carbocycles. The third kappa shape index (κ3) is 4.38. The lowest BCUT2D eigenvalue weighted by molar-refractivity contribution is 0.0737. The fourth-order valence-electron chi connectivity index (χ4n) is 2.67. The van der Waals surface area contributed by atoms with E-state index in [0.29, 0.717) is 17.9 Å². The second-order valence-electron chi connectivity index (χ2n) is 5.95. The minimum Gasteiger partial charge on any atom is -0.494 e. The van der Waals surface area contributed by atoms with Gasteiger partial charge >= 0.3 is 5.97 Å². The number of ether oxygens (including phenoxy) is 2. The van der Waals surface area contributed by atoms with E-state index in [1.54, 1.807) is 12.1 Å². The monoisotopic (exact) mass is 334 g/mol. The summed E-state index contributed by atoms with van der Waals surface area (Å²) in [5.41, 5.74) is 0.508. The summed E-state index contributed by atoms with van der Waals surface area (Å²) < 4.78 is 11.3. The Bertz CT molecular complexity index is 832. The number of benzene rings is 3. The Morgan fingerprint density at radius 1 is 0.880 bits per heavy atom. The van der Waals surface area contributed by atoms with E-state index in [9.17, 15) is 4.79 Å². The first-order valence-corrected chi connectivity index (χ1v) is 8.71. The highest BCUT2D eigenvalue weighted by Crippen LogP contribution is 2.26. The molecule has 0 unspecified atom stereocenters. The smallest absolute Gasteiger partial charge is 0.343 e. The standard InChI is InChI=1S/C22H22O3/c1-2-3-6-16-24-19-14-12-18(13-15-19)22(23)25-21-11-7-9-17-8-4-5-10-20(17)21/h4-5,7-15H,2-3,6,16H2,1H3. The first-order chi connectivity index (χ1) is 12.3. The Kier molecular flexibility index (Phi) is 5.68. The van der Waals surface area contributed by atoms with Gasteiger partial charge in [-0.2, -0.15) is 0 Å². The predicted molar refractivity (Wildman–Crippen MR) is 100 cm³/mol. The van der Waals surface area contributed by atoms with Gasteiger partial charge in [0.25, 0.3) is 0 Å². The molecule has 0 N–H and O–H groups in total. The first-order valence-electron chi connectivity index (χ1n) is 8.71. The molecule has 0 aliphatic carbocycles. The summed E-state index contributed by atoms with van der Waals surface area (Å²) in [5, 5.41) is 1.97. The molecule has 3 rings (SSSR count). The van der Waals surface area contributed by atoms with Gasteiger partial charge in [0.05, 0.1) is 12.2 Å². The van der Waals surface area contributed by atoms with E-state index in [-0.39, 0.29) is 5.97 Å². The molecule has 0 atom stereocenters. The maximum Gasteiger partial charge on any atom is 0.343 e. The number of unbranched alkanes of at least 4 members (excludes halogenated alkanes) is 2. The van der Waals surface area contributed by atoms with Crippen molar-refractivity contribution in [3.05, 3.63) is 72.3 Å². The Morgan fingerprint density at radius 3 is 2.44 bits per heavy atom. The van der Waals surface area contributed by atoms with Crippen molar-refractivity contribution in [3.8, 4) is 11.5 Å². The number of carbonyl (C=O) groups is 1. The molecule has 128 valence electrons. The summed E-state index contributed by atoms with van der Waals surface area (Å²) in [7, 11) is 0. The van der Waals surface area contributed by atoms with Crippen molar-refractivity contribution in [1.29, 1.82) is 0 Å². The molecule has 0 bridgehead atoms. The number of rotatable bonds is 7. The Hall–Kier alpha value is -2.81. The van der Waals surface area contributed by atoms with Crippen LogP contribution in [0.15, 0.2) is 66.7 Å². The molecule has 0 aliphatic heterocycles. The SMILES string of the molecule is CCCCCOc1ccc(C(=O)Oc2cccc3ccccc23)cc1. The quantitative estimate of drug-likeness (QED) is 0.319. The van der Waals surface area contributed by atoms with Crippen LogP contribution in [0, 0.1) is 0 Å². The van der Waals surface area contributed by atoms with E-state index in [1.807, 2.05) is 54.6 Å². The molecule has 0 spiro atoms. The van der Waals surface area contributed by atoms with Crippen molar-refractivity contribution in [1.82, 2.24) is 0 Å². The van der Waals surface area contributed by atoms with Crippen molar-refractivity contribution >= 4 is 16.7 Å². The van der Waals surface area contributed by atoms with Gasteiger partial charge < -0.3 is 9.47 Å². The fourth-order valence-corrected chi connectivity index (χ4v) is 2.67. The molecule has 0 aliphatic rings. The number of fused-ring (bicyclic) bond motifs is 1. The number of hydrogen-bond donors (Lipinski definition) is 0. The molecule has 0 radical (unpaired) electrons. The fraction of sp³-hybridized carbons (Fsp3) is 0.227. The summed E-state index contributed by atoms with van der Waals surface area (Å²) in [4.78, 5) is 12.4. The molecular weight excluding hydrogens is 312 g/mol. The van der Waals surface area contributed by atoms with Crippen molar-refractivity contribution in [2.45, 2.75) is 26.2 Å². The molecule has 3 nitrogen and oxygen atoms in total. The average molecular weight is 334 g/mol. The van der Waals surface area contributed by atoms with Gasteiger partial charge in [-0.05, 0) is 42.1 Å². The van der Waals surface area contributed by atoms with E-state index >= 15 is 0 Å². The van der Waals surface area contributed by atoms with Crippen molar-refractivity contribution in [2.24, 2.45) is 0 Å². The third-order valence-electron chi connectivity index (χ3n) is 4.06. The highest BCUT2D eigenvalue weighted by molar-refractivity contribution is 5.95.